The molecular formula is C9H8Cl4F3NO2. The van der Waals surface area contributed by atoms with Gasteiger partial charge in [0.05, 0.1) is 10.4 Å². The van der Waals surface area contributed by atoms with Crippen LogP contribution in [0, 0.1) is 10.1 Å². The normalized spacial score (nSPS) is 35.9. The van der Waals surface area contributed by atoms with Crippen LogP contribution in [0.15, 0.2) is 11.6 Å². The van der Waals surface area contributed by atoms with Crippen molar-refractivity contribution in [3.8, 4) is 0 Å². The molecule has 0 aromatic heterocycles. The lowest BCUT2D eigenvalue weighted by atomic mass is 9.78. The second-order valence-electron chi connectivity index (χ2n) is 4.25. The van der Waals surface area contributed by atoms with E-state index in [0.29, 0.717) is 6.08 Å². The van der Waals surface area contributed by atoms with Crippen LogP contribution in [0.1, 0.15) is 6.42 Å². The van der Waals surface area contributed by atoms with Crippen LogP contribution in [0.2, 0.25) is 0 Å². The summed E-state index contributed by atoms with van der Waals surface area (Å²) in [5.74, 6) is -1.01. The molecule has 10 heteroatoms. The van der Waals surface area contributed by atoms with Crippen LogP contribution in [0.25, 0.3) is 0 Å². The van der Waals surface area contributed by atoms with Gasteiger partial charge in [-0.1, -0.05) is 0 Å². The third kappa shape index (κ3) is 3.23. The number of nitro groups is 1. The summed E-state index contributed by atoms with van der Waals surface area (Å²) in [4.78, 5) is 6.23. The molecule has 1 aliphatic rings. The van der Waals surface area contributed by atoms with Crippen molar-refractivity contribution < 1.29 is 18.1 Å². The summed E-state index contributed by atoms with van der Waals surface area (Å²) in [6.07, 6.45) is -4.96. The molecule has 0 spiro atoms. The van der Waals surface area contributed by atoms with Gasteiger partial charge in [0.15, 0.2) is 0 Å². The summed E-state index contributed by atoms with van der Waals surface area (Å²) in [7, 11) is 0. The molecule has 0 heterocycles. The van der Waals surface area contributed by atoms with E-state index in [4.69, 9.17) is 46.4 Å². The molecule has 0 fully saturated rings. The van der Waals surface area contributed by atoms with Crippen LogP contribution in [0.3, 0.4) is 0 Å². The second-order valence-corrected chi connectivity index (χ2v) is 6.26. The number of allylic oxidation sites excluding steroid dienone is 1. The summed E-state index contributed by atoms with van der Waals surface area (Å²) >= 11 is 22.9. The van der Waals surface area contributed by atoms with E-state index in [-0.39, 0.29) is 0 Å². The minimum atomic E-state index is -4.82. The average Bonchev–Trinajstić information content (AvgIpc) is 2.26. The van der Waals surface area contributed by atoms with E-state index >= 15 is 0 Å². The molecule has 0 N–H and O–H groups in total. The zero-order chi connectivity index (χ0) is 15.1. The Morgan fingerprint density at radius 2 is 1.89 bits per heavy atom. The fourth-order valence-corrected chi connectivity index (χ4v) is 3.30. The predicted molar refractivity (Wildman–Crippen MR) is 68.1 cm³/mol. The zero-order valence-corrected chi connectivity index (χ0v) is 12.2. The highest BCUT2D eigenvalue weighted by Gasteiger charge is 2.59. The minimum absolute atomic E-state index is 0.411. The SMILES string of the molecule is O=[N+]([O-])C1C=C(C(F)(F)F)C(Cl)(CCl)CC1(Cl)CCl. The number of nitrogens with zero attached hydrogens (tertiary/aromatic N) is 1. The first-order chi connectivity index (χ1) is 8.50. The van der Waals surface area contributed by atoms with Crippen LogP contribution in [0.5, 0.6) is 0 Å². The molecule has 1 rings (SSSR count). The molecule has 3 atom stereocenters. The third-order valence-electron chi connectivity index (χ3n) is 2.88. The van der Waals surface area contributed by atoms with Crippen molar-refractivity contribution in [2.24, 2.45) is 0 Å². The molecule has 1 aliphatic carbocycles. The van der Waals surface area contributed by atoms with Crippen molar-refractivity contribution in [2.45, 2.75) is 28.4 Å². The van der Waals surface area contributed by atoms with E-state index in [9.17, 15) is 23.3 Å². The molecule has 3 unspecified atom stereocenters. The first kappa shape index (κ1) is 17.1. The number of hydrogen-bond acceptors (Lipinski definition) is 2. The Morgan fingerprint density at radius 1 is 1.37 bits per heavy atom. The summed E-state index contributed by atoms with van der Waals surface area (Å²) in [5.41, 5.74) is -1.25. The lowest BCUT2D eigenvalue weighted by molar-refractivity contribution is -0.516. The molecule has 19 heavy (non-hydrogen) atoms. The predicted octanol–water partition coefficient (Wildman–Crippen LogP) is 3.96. The Kier molecular flexibility index (Phi) is 4.93. The molecule has 0 aliphatic heterocycles. The van der Waals surface area contributed by atoms with Gasteiger partial charge in [0, 0.05) is 22.8 Å². The maximum Gasteiger partial charge on any atom is 0.414 e. The lowest BCUT2D eigenvalue weighted by Crippen LogP contribution is -2.54. The van der Waals surface area contributed by atoms with Crippen LogP contribution >= 0.6 is 46.4 Å². The Labute approximate surface area is 126 Å². The molecular weight excluding hydrogens is 353 g/mol. The van der Waals surface area contributed by atoms with E-state index in [1.165, 1.54) is 0 Å². The quantitative estimate of drug-likeness (QED) is 0.331. The van der Waals surface area contributed by atoms with Crippen molar-refractivity contribution in [1.29, 1.82) is 0 Å². The summed E-state index contributed by atoms with van der Waals surface area (Å²) < 4.78 is 38.7. The van der Waals surface area contributed by atoms with Gasteiger partial charge in [-0.3, -0.25) is 10.1 Å². The maximum atomic E-state index is 12.9. The van der Waals surface area contributed by atoms with Gasteiger partial charge in [-0.05, 0) is 6.42 Å². The van der Waals surface area contributed by atoms with Gasteiger partial charge in [0.2, 0.25) is 0 Å². The Bertz CT molecular complexity index is 417. The maximum absolute atomic E-state index is 12.9. The van der Waals surface area contributed by atoms with E-state index in [2.05, 4.69) is 0 Å². The molecule has 0 amide bonds. The molecule has 0 aromatic rings. The Hall–Kier alpha value is 0.0900. The molecule has 0 radical (unpaired) electrons. The Balaban J connectivity index is 3.42. The number of rotatable bonds is 3. The largest absolute Gasteiger partial charge is 0.414 e. The molecule has 3 nitrogen and oxygen atoms in total. The first-order valence-corrected chi connectivity index (χ1v) is 6.75. The summed E-state index contributed by atoms with van der Waals surface area (Å²) in [6.45, 7) is 0. The van der Waals surface area contributed by atoms with Gasteiger partial charge >= 0.3 is 6.18 Å². The molecule has 110 valence electrons. The van der Waals surface area contributed by atoms with Crippen LogP contribution in [-0.4, -0.2) is 38.6 Å². The van der Waals surface area contributed by atoms with Gasteiger partial charge in [0.1, 0.15) is 4.87 Å². The highest BCUT2D eigenvalue weighted by molar-refractivity contribution is 6.35. The number of hydrogen-bond donors (Lipinski definition) is 0. The van der Waals surface area contributed by atoms with Crippen LogP contribution in [-0.2, 0) is 0 Å². The lowest BCUT2D eigenvalue weighted by Gasteiger charge is -2.40. The molecule has 0 saturated carbocycles. The van der Waals surface area contributed by atoms with E-state index in [1.54, 1.807) is 0 Å². The second kappa shape index (κ2) is 5.47. The van der Waals surface area contributed by atoms with E-state index in [1.807, 2.05) is 0 Å². The van der Waals surface area contributed by atoms with E-state index in [0.717, 1.165) is 0 Å². The van der Waals surface area contributed by atoms with Crippen molar-refractivity contribution in [1.82, 2.24) is 0 Å². The van der Waals surface area contributed by atoms with Crippen molar-refractivity contribution in [2.75, 3.05) is 11.8 Å². The van der Waals surface area contributed by atoms with Gasteiger partial charge in [-0.15, -0.1) is 46.4 Å². The van der Waals surface area contributed by atoms with Crippen LogP contribution < -0.4 is 0 Å². The van der Waals surface area contributed by atoms with Gasteiger partial charge < -0.3 is 0 Å². The highest BCUT2D eigenvalue weighted by Crippen LogP contribution is 2.50. The van der Waals surface area contributed by atoms with Crippen molar-refractivity contribution in [3.63, 3.8) is 0 Å². The van der Waals surface area contributed by atoms with E-state index < -0.39 is 50.6 Å². The smallest absolute Gasteiger partial charge is 0.264 e. The molecule has 0 bridgehead atoms. The van der Waals surface area contributed by atoms with Gasteiger partial charge in [-0.25, -0.2) is 0 Å². The summed E-state index contributed by atoms with van der Waals surface area (Å²) in [5, 5.41) is 10.9. The van der Waals surface area contributed by atoms with Crippen molar-refractivity contribution >= 4 is 46.4 Å². The highest BCUT2D eigenvalue weighted by atomic mass is 35.5. The fraction of sp³-hybridized carbons (Fsp3) is 0.778. The first-order valence-electron chi connectivity index (χ1n) is 4.93. The molecule has 0 saturated heterocycles. The topological polar surface area (TPSA) is 43.1 Å². The average molecular weight is 361 g/mol. The number of halogens is 7. The van der Waals surface area contributed by atoms with Crippen molar-refractivity contribution in [3.05, 3.63) is 21.8 Å². The Morgan fingerprint density at radius 3 is 2.21 bits per heavy atom. The molecule has 0 aromatic carbocycles. The van der Waals surface area contributed by atoms with Crippen LogP contribution in [0.4, 0.5) is 13.2 Å². The zero-order valence-electron chi connectivity index (χ0n) is 9.19. The monoisotopic (exact) mass is 359 g/mol. The standard InChI is InChI=1S/C9H8Cl4F3NO2/c10-3-7(12)2-8(13,4-11)6(17(18)19)1-5(7)9(14,15)16/h1,6H,2-4H2. The van der Waals surface area contributed by atoms with Gasteiger partial charge in [0.25, 0.3) is 6.04 Å². The number of alkyl halides is 7. The van der Waals surface area contributed by atoms with Gasteiger partial charge in [-0.2, -0.15) is 13.2 Å². The third-order valence-corrected chi connectivity index (χ3v) is 5.05. The summed E-state index contributed by atoms with van der Waals surface area (Å²) in [6, 6.07) is -1.78. The minimum Gasteiger partial charge on any atom is -0.264 e. The fourth-order valence-electron chi connectivity index (χ4n) is 1.97.